The molecule has 1 heterocycles. The lowest BCUT2D eigenvalue weighted by molar-refractivity contribution is 0.262. The molecule has 1 N–H and O–H groups in total. The Balaban J connectivity index is 2.30. The van der Waals surface area contributed by atoms with Gasteiger partial charge in [-0.15, -0.1) is 0 Å². The topological polar surface area (TPSA) is 49.4 Å². The first kappa shape index (κ1) is 15.9. The average molecular weight is 365 g/mol. The van der Waals surface area contributed by atoms with Crippen LogP contribution in [0.3, 0.4) is 0 Å². The van der Waals surface area contributed by atoms with E-state index in [4.69, 9.17) is 0 Å². The molecule has 0 bridgehead atoms. The van der Waals surface area contributed by atoms with E-state index in [1.807, 2.05) is 7.05 Å². The summed E-state index contributed by atoms with van der Waals surface area (Å²) in [5.41, 5.74) is 0. The van der Waals surface area contributed by atoms with Gasteiger partial charge in [-0.05, 0) is 60.4 Å². The first-order chi connectivity index (χ1) is 9.46. The molecule has 1 aliphatic heterocycles. The van der Waals surface area contributed by atoms with Crippen LogP contribution in [0.25, 0.3) is 0 Å². The number of piperidine rings is 1. The SMILES string of the molecule is CNC[C@H]1CCCN(S(=O)(=O)c2c(F)cccc2Br)C1. The number of benzene rings is 1. The van der Waals surface area contributed by atoms with Crippen LogP contribution in [-0.4, -0.2) is 39.4 Å². The molecule has 0 amide bonds. The van der Waals surface area contributed by atoms with E-state index < -0.39 is 15.8 Å². The predicted molar refractivity (Wildman–Crippen MR) is 79.5 cm³/mol. The van der Waals surface area contributed by atoms with Crippen LogP contribution in [0, 0.1) is 11.7 Å². The fourth-order valence-corrected chi connectivity index (χ4v) is 5.18. The van der Waals surface area contributed by atoms with Crippen LogP contribution in [0.4, 0.5) is 4.39 Å². The van der Waals surface area contributed by atoms with Crippen LogP contribution >= 0.6 is 15.9 Å². The first-order valence-corrected chi connectivity index (χ1v) is 8.79. The van der Waals surface area contributed by atoms with Gasteiger partial charge in [-0.25, -0.2) is 12.8 Å². The minimum atomic E-state index is -3.79. The van der Waals surface area contributed by atoms with Gasteiger partial charge in [-0.1, -0.05) is 6.07 Å². The fraction of sp³-hybridized carbons (Fsp3) is 0.538. The molecule has 7 heteroatoms. The van der Waals surface area contributed by atoms with Gasteiger partial charge < -0.3 is 5.32 Å². The third-order valence-electron chi connectivity index (χ3n) is 3.49. The van der Waals surface area contributed by atoms with Crippen molar-refractivity contribution < 1.29 is 12.8 Å². The monoisotopic (exact) mass is 364 g/mol. The van der Waals surface area contributed by atoms with E-state index in [0.29, 0.717) is 13.1 Å². The van der Waals surface area contributed by atoms with Crippen molar-refractivity contribution in [2.24, 2.45) is 5.92 Å². The van der Waals surface area contributed by atoms with Gasteiger partial charge in [0.2, 0.25) is 10.0 Å². The number of nitrogens with zero attached hydrogens (tertiary/aromatic N) is 1. The van der Waals surface area contributed by atoms with Crippen LogP contribution < -0.4 is 5.32 Å². The van der Waals surface area contributed by atoms with Gasteiger partial charge in [0.15, 0.2) is 0 Å². The van der Waals surface area contributed by atoms with Gasteiger partial charge in [0.05, 0.1) is 0 Å². The highest BCUT2D eigenvalue weighted by molar-refractivity contribution is 9.10. The Morgan fingerprint density at radius 2 is 2.25 bits per heavy atom. The molecule has 0 aliphatic carbocycles. The summed E-state index contributed by atoms with van der Waals surface area (Å²) in [7, 11) is -1.94. The van der Waals surface area contributed by atoms with Crippen LogP contribution in [0.5, 0.6) is 0 Å². The standard InChI is InChI=1S/C13H18BrFN2O2S/c1-16-8-10-4-3-7-17(9-10)20(18,19)13-11(14)5-2-6-12(13)15/h2,5-6,10,16H,3-4,7-9H2,1H3/t10-/m1/s1. The lowest BCUT2D eigenvalue weighted by Crippen LogP contribution is -2.42. The summed E-state index contributed by atoms with van der Waals surface area (Å²) in [5.74, 6) is -0.441. The molecule has 20 heavy (non-hydrogen) atoms. The van der Waals surface area contributed by atoms with Gasteiger partial charge in [0, 0.05) is 17.6 Å². The molecular weight excluding hydrogens is 347 g/mol. The summed E-state index contributed by atoms with van der Waals surface area (Å²) in [6.07, 6.45) is 1.79. The maximum absolute atomic E-state index is 13.9. The lowest BCUT2D eigenvalue weighted by Gasteiger charge is -2.32. The largest absolute Gasteiger partial charge is 0.319 e. The quantitative estimate of drug-likeness (QED) is 0.890. The summed E-state index contributed by atoms with van der Waals surface area (Å²) in [6, 6.07) is 4.20. The normalized spacial score (nSPS) is 21.1. The van der Waals surface area contributed by atoms with Crippen molar-refractivity contribution in [3.05, 3.63) is 28.5 Å². The lowest BCUT2D eigenvalue weighted by atomic mass is 10.00. The molecule has 1 atom stereocenters. The summed E-state index contributed by atoms with van der Waals surface area (Å²) >= 11 is 3.14. The zero-order chi connectivity index (χ0) is 14.8. The summed E-state index contributed by atoms with van der Waals surface area (Å²) in [6.45, 7) is 1.65. The molecule has 1 saturated heterocycles. The molecular formula is C13H18BrFN2O2S. The summed E-state index contributed by atoms with van der Waals surface area (Å²) in [5, 5.41) is 3.07. The highest BCUT2D eigenvalue weighted by Crippen LogP contribution is 2.30. The third kappa shape index (κ3) is 3.21. The van der Waals surface area contributed by atoms with Crippen molar-refractivity contribution in [1.29, 1.82) is 0 Å². The molecule has 4 nitrogen and oxygen atoms in total. The third-order valence-corrected chi connectivity index (χ3v) is 6.36. The van der Waals surface area contributed by atoms with Crippen molar-refractivity contribution >= 4 is 26.0 Å². The zero-order valence-electron chi connectivity index (χ0n) is 11.3. The van der Waals surface area contributed by atoms with E-state index in [0.717, 1.165) is 19.4 Å². The van der Waals surface area contributed by atoms with E-state index >= 15 is 0 Å². The molecule has 0 unspecified atom stereocenters. The van der Waals surface area contributed by atoms with Crippen LogP contribution in [0.2, 0.25) is 0 Å². The summed E-state index contributed by atoms with van der Waals surface area (Å²) < 4.78 is 40.8. The molecule has 2 rings (SSSR count). The maximum Gasteiger partial charge on any atom is 0.247 e. The molecule has 1 fully saturated rings. The number of hydrogen-bond donors (Lipinski definition) is 1. The molecule has 1 aliphatic rings. The maximum atomic E-state index is 13.9. The minimum absolute atomic E-state index is 0.259. The van der Waals surface area contributed by atoms with Gasteiger partial charge in [0.1, 0.15) is 10.7 Å². The van der Waals surface area contributed by atoms with Crippen LogP contribution in [-0.2, 0) is 10.0 Å². The highest BCUT2D eigenvalue weighted by Gasteiger charge is 2.33. The van der Waals surface area contributed by atoms with Crippen molar-refractivity contribution in [3.63, 3.8) is 0 Å². The van der Waals surface area contributed by atoms with Gasteiger partial charge >= 0.3 is 0 Å². The zero-order valence-corrected chi connectivity index (χ0v) is 13.7. The number of nitrogens with one attached hydrogen (secondary N) is 1. The Bertz CT molecular complexity index is 557. The highest BCUT2D eigenvalue weighted by atomic mass is 79.9. The van der Waals surface area contributed by atoms with Crippen molar-refractivity contribution in [3.8, 4) is 0 Å². The molecule has 0 radical (unpaired) electrons. The predicted octanol–water partition coefficient (Wildman–Crippen LogP) is 2.21. The number of sulfonamides is 1. The second-order valence-electron chi connectivity index (χ2n) is 4.98. The molecule has 0 spiro atoms. The first-order valence-electron chi connectivity index (χ1n) is 6.55. The molecule has 1 aromatic carbocycles. The van der Waals surface area contributed by atoms with E-state index in [1.165, 1.54) is 16.4 Å². The van der Waals surface area contributed by atoms with E-state index in [9.17, 15) is 12.8 Å². The van der Waals surface area contributed by atoms with Gasteiger partial charge in [0.25, 0.3) is 0 Å². The summed E-state index contributed by atoms with van der Waals surface area (Å²) in [4.78, 5) is -0.259. The second-order valence-corrected chi connectivity index (χ2v) is 7.71. The molecule has 0 aromatic heterocycles. The van der Waals surface area contributed by atoms with Crippen molar-refractivity contribution in [2.45, 2.75) is 17.7 Å². The van der Waals surface area contributed by atoms with Crippen molar-refractivity contribution in [2.75, 3.05) is 26.7 Å². The van der Waals surface area contributed by atoms with E-state index in [2.05, 4.69) is 21.2 Å². The second kappa shape index (κ2) is 6.51. The van der Waals surface area contributed by atoms with Crippen LogP contribution in [0.15, 0.2) is 27.6 Å². The average Bonchev–Trinajstić information content (AvgIpc) is 2.39. The Hall–Kier alpha value is -0.500. The minimum Gasteiger partial charge on any atom is -0.319 e. The Morgan fingerprint density at radius 3 is 2.90 bits per heavy atom. The number of halogens is 2. The fourth-order valence-electron chi connectivity index (χ4n) is 2.56. The van der Waals surface area contributed by atoms with Crippen molar-refractivity contribution in [1.82, 2.24) is 9.62 Å². The molecule has 112 valence electrons. The van der Waals surface area contributed by atoms with Crippen LogP contribution in [0.1, 0.15) is 12.8 Å². The number of hydrogen-bond acceptors (Lipinski definition) is 3. The van der Waals surface area contributed by atoms with E-state index in [1.54, 1.807) is 6.07 Å². The molecule has 0 saturated carbocycles. The van der Waals surface area contributed by atoms with Gasteiger partial charge in [-0.2, -0.15) is 4.31 Å². The Morgan fingerprint density at radius 1 is 1.50 bits per heavy atom. The van der Waals surface area contributed by atoms with Gasteiger partial charge in [-0.3, -0.25) is 0 Å². The Labute approximate surface area is 127 Å². The number of rotatable bonds is 4. The smallest absolute Gasteiger partial charge is 0.247 e. The Kier molecular flexibility index (Phi) is 5.17. The molecule has 1 aromatic rings. The van der Waals surface area contributed by atoms with E-state index in [-0.39, 0.29) is 15.3 Å².